The van der Waals surface area contributed by atoms with Crippen LogP contribution in [0.4, 0.5) is 0 Å². The van der Waals surface area contributed by atoms with Crippen LogP contribution < -0.4 is 5.43 Å². The number of halogens is 1. The molecule has 2 aromatic carbocycles. The average Bonchev–Trinajstić information content (AvgIpc) is 3.28. The number of hydrogen-bond donors (Lipinski definition) is 1. The highest BCUT2D eigenvalue weighted by molar-refractivity contribution is 8.21. The molecule has 0 unspecified atom stereocenters. The molecule has 0 aliphatic carbocycles. The molecule has 0 spiro atoms. The van der Waals surface area contributed by atoms with Crippen molar-refractivity contribution in [3.05, 3.63) is 70.9 Å². The largest absolute Gasteiger partial charge is 0.342 e. The van der Waals surface area contributed by atoms with E-state index in [1.165, 1.54) is 0 Å². The van der Waals surface area contributed by atoms with Gasteiger partial charge >= 0.3 is 0 Å². The highest BCUT2D eigenvalue weighted by atomic mass is 35.5. The van der Waals surface area contributed by atoms with Gasteiger partial charge in [-0.3, -0.25) is 4.79 Å². The van der Waals surface area contributed by atoms with Gasteiger partial charge < -0.3 is 4.57 Å². The van der Waals surface area contributed by atoms with Crippen molar-refractivity contribution in [3.63, 3.8) is 0 Å². The standard InChI is InChI=1S/C22H22ClN3OS2/c1-22(28-10-11-29-22)12-21(27)25-24-13-17-15-26(20-9-5-3-7-18(17)20)14-16-6-2-4-8-19(16)23/h2-9,13,15H,10-12,14H2,1H3,(H,25,27)/b24-13-. The molecular weight excluding hydrogens is 422 g/mol. The Balaban J connectivity index is 1.51. The Bertz CT molecular complexity index is 1060. The maximum atomic E-state index is 12.3. The predicted molar refractivity (Wildman–Crippen MR) is 126 cm³/mol. The molecule has 1 amide bonds. The molecule has 0 radical (unpaired) electrons. The summed E-state index contributed by atoms with van der Waals surface area (Å²) in [5, 5.41) is 6.06. The number of para-hydroxylation sites is 1. The van der Waals surface area contributed by atoms with E-state index in [0.717, 1.165) is 38.6 Å². The van der Waals surface area contributed by atoms with E-state index in [0.29, 0.717) is 13.0 Å². The topological polar surface area (TPSA) is 46.4 Å². The van der Waals surface area contributed by atoms with E-state index < -0.39 is 0 Å². The summed E-state index contributed by atoms with van der Waals surface area (Å²) in [4.78, 5) is 12.3. The third kappa shape index (κ3) is 4.82. The minimum absolute atomic E-state index is 0.0371. The Labute approximate surface area is 184 Å². The Hall–Kier alpha value is -1.89. The Morgan fingerprint density at radius 3 is 2.72 bits per heavy atom. The molecule has 1 aliphatic rings. The van der Waals surface area contributed by atoms with Gasteiger partial charge in [-0.2, -0.15) is 5.10 Å². The van der Waals surface area contributed by atoms with Gasteiger partial charge in [0.05, 0.1) is 16.7 Å². The number of amides is 1. The molecule has 0 saturated carbocycles. The van der Waals surface area contributed by atoms with Gasteiger partial charge in [-0.05, 0) is 24.6 Å². The number of thioether (sulfide) groups is 2. The maximum absolute atomic E-state index is 12.3. The number of rotatable bonds is 6. The monoisotopic (exact) mass is 443 g/mol. The van der Waals surface area contributed by atoms with Gasteiger partial charge in [-0.15, -0.1) is 23.5 Å². The van der Waals surface area contributed by atoms with Crippen LogP contribution in [-0.4, -0.2) is 32.3 Å². The van der Waals surface area contributed by atoms with Crippen molar-refractivity contribution in [2.45, 2.75) is 24.0 Å². The highest BCUT2D eigenvalue weighted by Crippen LogP contribution is 2.45. The number of hydrogen-bond acceptors (Lipinski definition) is 4. The van der Waals surface area contributed by atoms with Crippen LogP contribution in [-0.2, 0) is 11.3 Å². The molecule has 0 bridgehead atoms. The van der Waals surface area contributed by atoms with Crippen molar-refractivity contribution in [2.75, 3.05) is 11.5 Å². The van der Waals surface area contributed by atoms with Crippen LogP contribution in [0.25, 0.3) is 10.9 Å². The zero-order chi connectivity index (χ0) is 20.3. The fraction of sp³-hybridized carbons (Fsp3) is 0.273. The summed E-state index contributed by atoms with van der Waals surface area (Å²) in [6.45, 7) is 2.80. The van der Waals surface area contributed by atoms with Gasteiger partial charge in [0, 0.05) is 45.7 Å². The summed E-state index contributed by atoms with van der Waals surface area (Å²) in [7, 11) is 0. The van der Waals surface area contributed by atoms with Crippen LogP contribution in [0.15, 0.2) is 59.8 Å². The van der Waals surface area contributed by atoms with E-state index in [9.17, 15) is 4.79 Å². The van der Waals surface area contributed by atoms with Gasteiger partial charge in [-0.25, -0.2) is 5.43 Å². The Morgan fingerprint density at radius 2 is 1.93 bits per heavy atom. The summed E-state index contributed by atoms with van der Waals surface area (Å²) in [5.74, 6) is 2.15. The number of nitrogens with one attached hydrogen (secondary N) is 1. The van der Waals surface area contributed by atoms with E-state index in [-0.39, 0.29) is 9.99 Å². The lowest BCUT2D eigenvalue weighted by molar-refractivity contribution is -0.121. The number of nitrogens with zero attached hydrogens (tertiary/aromatic N) is 2. The van der Waals surface area contributed by atoms with E-state index in [1.54, 1.807) is 6.21 Å². The van der Waals surface area contributed by atoms with Gasteiger partial charge in [0.2, 0.25) is 5.91 Å². The lowest BCUT2D eigenvalue weighted by Crippen LogP contribution is -2.26. The summed E-state index contributed by atoms with van der Waals surface area (Å²) < 4.78 is 2.12. The zero-order valence-electron chi connectivity index (χ0n) is 16.1. The van der Waals surface area contributed by atoms with Gasteiger partial charge in [0.1, 0.15) is 0 Å². The molecule has 1 N–H and O–H groups in total. The molecule has 29 heavy (non-hydrogen) atoms. The van der Waals surface area contributed by atoms with Gasteiger partial charge in [0.25, 0.3) is 0 Å². The number of benzene rings is 2. The zero-order valence-corrected chi connectivity index (χ0v) is 18.5. The fourth-order valence-electron chi connectivity index (χ4n) is 3.48. The van der Waals surface area contributed by atoms with Crippen LogP contribution in [0.5, 0.6) is 0 Å². The van der Waals surface area contributed by atoms with Gasteiger partial charge in [0.15, 0.2) is 0 Å². The molecule has 1 fully saturated rings. The second-order valence-electron chi connectivity index (χ2n) is 7.12. The minimum atomic E-state index is -0.0505. The highest BCUT2D eigenvalue weighted by Gasteiger charge is 2.32. The van der Waals surface area contributed by atoms with E-state index in [2.05, 4.69) is 34.2 Å². The molecule has 4 nitrogen and oxygen atoms in total. The summed E-state index contributed by atoms with van der Waals surface area (Å²) >= 11 is 10.0. The first-order chi connectivity index (χ1) is 14.0. The van der Waals surface area contributed by atoms with Crippen molar-refractivity contribution in [1.29, 1.82) is 0 Å². The molecule has 1 saturated heterocycles. The first kappa shape index (κ1) is 20.4. The second kappa shape index (κ2) is 8.86. The molecular formula is C22H22ClN3OS2. The normalized spacial score (nSPS) is 15.9. The minimum Gasteiger partial charge on any atom is -0.342 e. The molecule has 0 atom stereocenters. The first-order valence-corrected chi connectivity index (χ1v) is 11.8. The van der Waals surface area contributed by atoms with Crippen LogP contribution in [0.1, 0.15) is 24.5 Å². The lowest BCUT2D eigenvalue weighted by Gasteiger charge is -2.19. The molecule has 1 aromatic heterocycles. The van der Waals surface area contributed by atoms with Gasteiger partial charge in [-0.1, -0.05) is 48.0 Å². The fourth-order valence-corrected chi connectivity index (χ4v) is 6.51. The number of aromatic nitrogens is 1. The van der Waals surface area contributed by atoms with Crippen molar-refractivity contribution in [3.8, 4) is 0 Å². The number of carbonyl (C=O) groups excluding carboxylic acids is 1. The predicted octanol–water partition coefficient (Wildman–Crippen LogP) is 5.38. The van der Waals surface area contributed by atoms with Crippen LogP contribution in [0.3, 0.4) is 0 Å². The van der Waals surface area contributed by atoms with Crippen LogP contribution >= 0.6 is 35.1 Å². The van der Waals surface area contributed by atoms with E-state index in [1.807, 2.05) is 66.1 Å². The van der Waals surface area contributed by atoms with Crippen molar-refractivity contribution >= 4 is 58.1 Å². The number of fused-ring (bicyclic) bond motifs is 1. The average molecular weight is 444 g/mol. The van der Waals surface area contributed by atoms with Crippen LogP contribution in [0, 0.1) is 0 Å². The van der Waals surface area contributed by atoms with E-state index in [4.69, 9.17) is 11.6 Å². The SMILES string of the molecule is CC1(CC(=O)N/N=C\c2cn(Cc3ccccc3Cl)c3ccccc23)SCCS1. The summed E-state index contributed by atoms with van der Waals surface area (Å²) in [6, 6.07) is 16.0. The molecule has 3 aromatic rings. The molecule has 1 aliphatic heterocycles. The van der Waals surface area contributed by atoms with Crippen LogP contribution in [0.2, 0.25) is 5.02 Å². The Morgan fingerprint density at radius 1 is 1.21 bits per heavy atom. The first-order valence-electron chi connectivity index (χ1n) is 9.45. The molecule has 2 heterocycles. The quantitative estimate of drug-likeness (QED) is 0.411. The Kier molecular flexibility index (Phi) is 6.23. The van der Waals surface area contributed by atoms with E-state index >= 15 is 0 Å². The lowest BCUT2D eigenvalue weighted by atomic mass is 10.2. The second-order valence-corrected chi connectivity index (χ2v) is 11.0. The number of hydrazone groups is 1. The smallest absolute Gasteiger partial charge is 0.242 e. The molecule has 150 valence electrons. The third-order valence-corrected chi connectivity index (χ3v) is 8.55. The number of carbonyl (C=O) groups is 1. The summed E-state index contributed by atoms with van der Waals surface area (Å²) in [6.07, 6.45) is 4.24. The van der Waals surface area contributed by atoms with Crippen molar-refractivity contribution in [2.24, 2.45) is 5.10 Å². The molecule has 7 heteroatoms. The maximum Gasteiger partial charge on any atom is 0.242 e. The third-order valence-electron chi connectivity index (χ3n) is 4.89. The van der Waals surface area contributed by atoms with Crippen molar-refractivity contribution < 1.29 is 4.79 Å². The molecule has 4 rings (SSSR count). The summed E-state index contributed by atoms with van der Waals surface area (Å²) in [5.41, 5.74) is 5.82. The van der Waals surface area contributed by atoms with Crippen molar-refractivity contribution in [1.82, 2.24) is 9.99 Å².